The number of nitrogens with zero attached hydrogens (tertiary/aromatic N) is 4. The van der Waals surface area contributed by atoms with Crippen LogP contribution >= 0.6 is 0 Å². The fraction of sp³-hybridized carbons (Fsp3) is 0.824. The molecule has 2 fully saturated rings. The third-order valence-electron chi connectivity index (χ3n) is 5.03. The molecule has 0 saturated carbocycles. The molecule has 6 nitrogen and oxygen atoms in total. The van der Waals surface area contributed by atoms with Crippen molar-refractivity contribution < 1.29 is 9.21 Å². The van der Waals surface area contributed by atoms with Gasteiger partial charge in [0.1, 0.15) is 0 Å². The Labute approximate surface area is 138 Å². The summed E-state index contributed by atoms with van der Waals surface area (Å²) < 4.78 is 5.71. The monoisotopic (exact) mass is 320 g/mol. The van der Waals surface area contributed by atoms with E-state index in [-0.39, 0.29) is 0 Å². The van der Waals surface area contributed by atoms with Gasteiger partial charge in [0.15, 0.2) is 0 Å². The highest BCUT2D eigenvalue weighted by Gasteiger charge is 2.24. The van der Waals surface area contributed by atoms with Crippen molar-refractivity contribution in [2.75, 3.05) is 31.1 Å². The first kappa shape index (κ1) is 16.3. The molecule has 2 aliphatic rings. The largest absolute Gasteiger partial charge is 0.408 e. The van der Waals surface area contributed by atoms with Gasteiger partial charge in [0.2, 0.25) is 11.8 Å². The first-order valence-corrected chi connectivity index (χ1v) is 9.11. The summed E-state index contributed by atoms with van der Waals surface area (Å²) >= 11 is 0. The number of aromatic nitrogens is 2. The van der Waals surface area contributed by atoms with Crippen LogP contribution in [-0.2, 0) is 11.2 Å². The van der Waals surface area contributed by atoms with E-state index in [9.17, 15) is 4.79 Å². The summed E-state index contributed by atoms with van der Waals surface area (Å²) in [5.74, 6) is 1.74. The number of hydrogen-bond donors (Lipinski definition) is 0. The zero-order valence-electron chi connectivity index (χ0n) is 14.2. The van der Waals surface area contributed by atoms with Crippen molar-refractivity contribution in [1.29, 1.82) is 0 Å². The van der Waals surface area contributed by atoms with E-state index < -0.39 is 0 Å². The van der Waals surface area contributed by atoms with Crippen molar-refractivity contribution in [1.82, 2.24) is 15.1 Å². The van der Waals surface area contributed by atoms with Crippen LogP contribution in [0.25, 0.3) is 0 Å². The molecule has 0 spiro atoms. The quantitative estimate of drug-likeness (QED) is 0.806. The number of carbonyl (C=O) groups excluding carboxylic acids is 1. The average Bonchev–Trinajstić information content (AvgIpc) is 3.25. The van der Waals surface area contributed by atoms with Gasteiger partial charge in [-0.15, -0.1) is 5.10 Å². The molecule has 1 aromatic rings. The Kier molecular flexibility index (Phi) is 5.51. The van der Waals surface area contributed by atoms with Crippen molar-refractivity contribution >= 4 is 11.9 Å². The fourth-order valence-corrected chi connectivity index (χ4v) is 3.55. The lowest BCUT2D eigenvalue weighted by Crippen LogP contribution is -2.34. The van der Waals surface area contributed by atoms with Crippen molar-refractivity contribution in [3.63, 3.8) is 0 Å². The van der Waals surface area contributed by atoms with Crippen LogP contribution in [0.15, 0.2) is 4.42 Å². The molecule has 128 valence electrons. The van der Waals surface area contributed by atoms with Crippen molar-refractivity contribution in [3.05, 3.63) is 5.89 Å². The zero-order valence-corrected chi connectivity index (χ0v) is 14.2. The van der Waals surface area contributed by atoms with Crippen molar-refractivity contribution in [2.24, 2.45) is 5.92 Å². The number of carbonyl (C=O) groups is 1. The normalized spacial score (nSPS) is 19.5. The first-order valence-electron chi connectivity index (χ1n) is 9.11. The van der Waals surface area contributed by atoms with Crippen LogP contribution in [0.4, 0.5) is 6.01 Å². The Morgan fingerprint density at radius 2 is 1.91 bits per heavy atom. The Hall–Kier alpha value is -1.59. The van der Waals surface area contributed by atoms with Crippen LogP contribution < -0.4 is 4.90 Å². The van der Waals surface area contributed by atoms with E-state index in [0.29, 0.717) is 24.3 Å². The SMILES string of the molecule is CCCc1nnc(N2CCC(CCC(=O)N3CCCC3)CC2)o1. The predicted octanol–water partition coefficient (Wildman–Crippen LogP) is 2.64. The molecule has 0 aromatic carbocycles. The third-order valence-corrected chi connectivity index (χ3v) is 5.03. The molecule has 3 heterocycles. The smallest absolute Gasteiger partial charge is 0.318 e. The van der Waals surface area contributed by atoms with Crippen LogP contribution in [0, 0.1) is 5.92 Å². The topological polar surface area (TPSA) is 62.5 Å². The molecule has 1 amide bonds. The Balaban J connectivity index is 1.40. The minimum atomic E-state index is 0.353. The number of likely N-dealkylation sites (tertiary alicyclic amines) is 1. The molecule has 0 atom stereocenters. The summed E-state index contributed by atoms with van der Waals surface area (Å²) in [6.45, 7) is 5.95. The summed E-state index contributed by atoms with van der Waals surface area (Å²) in [6, 6.07) is 0.667. The number of piperidine rings is 1. The van der Waals surface area contributed by atoms with Gasteiger partial charge < -0.3 is 14.2 Å². The third kappa shape index (κ3) is 4.24. The Morgan fingerprint density at radius 3 is 2.61 bits per heavy atom. The van der Waals surface area contributed by atoms with Crippen molar-refractivity contribution in [2.45, 2.75) is 58.3 Å². The summed E-state index contributed by atoms with van der Waals surface area (Å²) in [6.07, 6.45) is 8.18. The molecule has 0 bridgehead atoms. The van der Waals surface area contributed by atoms with E-state index in [0.717, 1.165) is 64.2 Å². The average molecular weight is 320 g/mol. The second-order valence-electron chi connectivity index (χ2n) is 6.79. The van der Waals surface area contributed by atoms with E-state index in [2.05, 4.69) is 22.0 Å². The Morgan fingerprint density at radius 1 is 1.17 bits per heavy atom. The lowest BCUT2D eigenvalue weighted by atomic mass is 9.92. The summed E-state index contributed by atoms with van der Waals surface area (Å²) in [4.78, 5) is 16.3. The van der Waals surface area contributed by atoms with Gasteiger partial charge >= 0.3 is 6.01 Å². The summed E-state index contributed by atoms with van der Waals surface area (Å²) in [7, 11) is 0. The predicted molar refractivity (Wildman–Crippen MR) is 88.3 cm³/mol. The summed E-state index contributed by atoms with van der Waals surface area (Å²) in [5, 5.41) is 8.25. The van der Waals surface area contributed by atoms with Crippen LogP contribution in [0.2, 0.25) is 0 Å². The van der Waals surface area contributed by atoms with E-state index in [1.807, 2.05) is 4.90 Å². The van der Waals surface area contributed by atoms with Crippen LogP contribution in [0.1, 0.15) is 57.8 Å². The van der Waals surface area contributed by atoms with E-state index in [1.165, 1.54) is 12.8 Å². The molecular formula is C17H28N4O2. The zero-order chi connectivity index (χ0) is 16.1. The van der Waals surface area contributed by atoms with Crippen molar-refractivity contribution in [3.8, 4) is 0 Å². The molecule has 1 aromatic heterocycles. The van der Waals surface area contributed by atoms with Crippen LogP contribution in [0.3, 0.4) is 0 Å². The molecule has 0 aliphatic carbocycles. The number of rotatable bonds is 6. The molecule has 2 aliphatic heterocycles. The lowest BCUT2D eigenvalue weighted by Gasteiger charge is -2.30. The van der Waals surface area contributed by atoms with Gasteiger partial charge in [-0.2, -0.15) is 0 Å². The van der Waals surface area contributed by atoms with Gasteiger partial charge in [-0.05, 0) is 44.4 Å². The highest BCUT2D eigenvalue weighted by Crippen LogP contribution is 2.26. The number of anilines is 1. The maximum atomic E-state index is 12.1. The van der Waals surface area contributed by atoms with Gasteiger partial charge in [0.05, 0.1) is 0 Å². The van der Waals surface area contributed by atoms with E-state index >= 15 is 0 Å². The molecule has 0 unspecified atom stereocenters. The number of amides is 1. The lowest BCUT2D eigenvalue weighted by molar-refractivity contribution is -0.130. The number of hydrogen-bond acceptors (Lipinski definition) is 5. The Bertz CT molecular complexity index is 502. The van der Waals surface area contributed by atoms with Gasteiger partial charge in [0.25, 0.3) is 0 Å². The van der Waals surface area contributed by atoms with Gasteiger partial charge in [-0.1, -0.05) is 12.0 Å². The fourth-order valence-electron chi connectivity index (χ4n) is 3.55. The highest BCUT2D eigenvalue weighted by atomic mass is 16.4. The molecule has 6 heteroatoms. The molecular weight excluding hydrogens is 292 g/mol. The van der Waals surface area contributed by atoms with Crippen LogP contribution in [0.5, 0.6) is 0 Å². The second-order valence-corrected chi connectivity index (χ2v) is 6.79. The molecule has 0 N–H and O–H groups in total. The maximum absolute atomic E-state index is 12.1. The minimum Gasteiger partial charge on any atom is -0.408 e. The van der Waals surface area contributed by atoms with Gasteiger partial charge in [-0.3, -0.25) is 4.79 Å². The summed E-state index contributed by atoms with van der Waals surface area (Å²) in [5.41, 5.74) is 0. The number of aryl methyl sites for hydroxylation is 1. The first-order chi connectivity index (χ1) is 11.3. The van der Waals surface area contributed by atoms with Crippen LogP contribution in [-0.4, -0.2) is 47.2 Å². The van der Waals surface area contributed by atoms with E-state index in [1.54, 1.807) is 0 Å². The van der Waals surface area contributed by atoms with Gasteiger partial charge in [-0.25, -0.2) is 0 Å². The molecule has 23 heavy (non-hydrogen) atoms. The highest BCUT2D eigenvalue weighted by molar-refractivity contribution is 5.76. The molecule has 3 rings (SSSR count). The van der Waals surface area contributed by atoms with E-state index in [4.69, 9.17) is 4.42 Å². The second kappa shape index (κ2) is 7.79. The minimum absolute atomic E-state index is 0.353. The maximum Gasteiger partial charge on any atom is 0.318 e. The molecule has 0 radical (unpaired) electrons. The standard InChI is InChI=1S/C17H28N4O2/c1-2-5-15-18-19-17(23-15)21-12-8-14(9-13-21)6-7-16(22)20-10-3-4-11-20/h14H,2-13H2,1H3. The molecule has 2 saturated heterocycles. The van der Waals surface area contributed by atoms with Gasteiger partial charge in [0, 0.05) is 39.0 Å².